The zero-order valence-electron chi connectivity index (χ0n) is 25.8. The van der Waals surface area contributed by atoms with Crippen LogP contribution in [0.15, 0.2) is 25.3 Å². The molecule has 8 nitrogen and oxygen atoms in total. The lowest BCUT2D eigenvalue weighted by atomic mass is 9.77. The minimum absolute atomic E-state index is 0.165. The van der Waals surface area contributed by atoms with Crippen molar-refractivity contribution in [1.82, 2.24) is 9.80 Å². The molecule has 2 amide bonds. The number of esters is 2. The van der Waals surface area contributed by atoms with Gasteiger partial charge in [-0.3, -0.25) is 19.2 Å². The van der Waals surface area contributed by atoms with Crippen LogP contribution in [0.5, 0.6) is 0 Å². The van der Waals surface area contributed by atoms with E-state index in [-0.39, 0.29) is 24.7 Å². The molecule has 0 radical (unpaired) electrons. The molecule has 2 fully saturated rings. The van der Waals surface area contributed by atoms with Gasteiger partial charge in [-0.05, 0) is 80.4 Å². The van der Waals surface area contributed by atoms with E-state index in [1.807, 2.05) is 55.4 Å². The highest BCUT2D eigenvalue weighted by atomic mass is 16.6. The van der Waals surface area contributed by atoms with E-state index in [4.69, 9.17) is 9.47 Å². The number of ether oxygens (including phenoxy) is 2. The standard InChI is InChI=1S/C31H50N2O6/c1-13-23(34)32-27(5,6)17-21(18-28(32,7)8)38-25(36)31(15-3,16-4)26(37)39-22-19-29(9,10)33(24(35)14-2)30(11,12)20-22/h13-14,21-22H,1-2,15-20H2,3-12H3. The van der Waals surface area contributed by atoms with Crippen LogP contribution in [-0.4, -0.2) is 67.9 Å². The molecular weight excluding hydrogens is 496 g/mol. The van der Waals surface area contributed by atoms with Gasteiger partial charge in [0.2, 0.25) is 11.8 Å². The fourth-order valence-electron chi connectivity index (χ4n) is 7.36. The molecule has 2 saturated heterocycles. The molecule has 2 aliphatic heterocycles. The van der Waals surface area contributed by atoms with Crippen molar-refractivity contribution < 1.29 is 28.7 Å². The van der Waals surface area contributed by atoms with E-state index >= 15 is 0 Å². The smallest absolute Gasteiger partial charge is 0.323 e. The number of carbonyl (C=O) groups excluding carboxylic acids is 4. The molecule has 0 spiro atoms. The van der Waals surface area contributed by atoms with Crippen molar-refractivity contribution in [3.05, 3.63) is 25.3 Å². The Hall–Kier alpha value is -2.64. The van der Waals surface area contributed by atoms with Gasteiger partial charge < -0.3 is 19.3 Å². The molecule has 0 saturated carbocycles. The average molecular weight is 547 g/mol. The van der Waals surface area contributed by atoms with Gasteiger partial charge in [0.1, 0.15) is 12.2 Å². The van der Waals surface area contributed by atoms with Crippen LogP contribution in [0.25, 0.3) is 0 Å². The van der Waals surface area contributed by atoms with E-state index in [0.29, 0.717) is 25.7 Å². The highest BCUT2D eigenvalue weighted by molar-refractivity contribution is 6.00. The van der Waals surface area contributed by atoms with Crippen molar-refractivity contribution in [1.29, 1.82) is 0 Å². The van der Waals surface area contributed by atoms with Gasteiger partial charge in [-0.15, -0.1) is 0 Å². The van der Waals surface area contributed by atoms with E-state index in [9.17, 15) is 19.2 Å². The Balaban J connectivity index is 2.26. The number of amides is 2. The first-order chi connectivity index (χ1) is 17.7. The van der Waals surface area contributed by atoms with E-state index in [1.54, 1.807) is 23.6 Å². The fraction of sp³-hybridized carbons (Fsp3) is 0.742. The molecule has 0 aromatic carbocycles. The van der Waals surface area contributed by atoms with Crippen molar-refractivity contribution in [2.45, 2.75) is 142 Å². The van der Waals surface area contributed by atoms with Crippen LogP contribution >= 0.6 is 0 Å². The fourth-order valence-corrected chi connectivity index (χ4v) is 7.36. The molecule has 0 unspecified atom stereocenters. The topological polar surface area (TPSA) is 93.2 Å². The normalized spacial score (nSPS) is 22.5. The van der Waals surface area contributed by atoms with Gasteiger partial charge in [0.25, 0.3) is 0 Å². The maximum Gasteiger partial charge on any atom is 0.323 e. The Morgan fingerprint density at radius 1 is 0.667 bits per heavy atom. The Bertz CT molecular complexity index is 893. The zero-order valence-corrected chi connectivity index (χ0v) is 25.8. The van der Waals surface area contributed by atoms with Crippen molar-refractivity contribution in [3.8, 4) is 0 Å². The summed E-state index contributed by atoms with van der Waals surface area (Å²) in [4.78, 5) is 56.3. The first-order valence-electron chi connectivity index (χ1n) is 14.1. The summed E-state index contributed by atoms with van der Waals surface area (Å²) in [6.07, 6.45) is 3.94. The van der Waals surface area contributed by atoms with Gasteiger partial charge in [-0.2, -0.15) is 0 Å². The number of carbonyl (C=O) groups is 4. The number of piperidine rings is 2. The summed E-state index contributed by atoms with van der Waals surface area (Å²) in [5, 5.41) is 0. The number of hydrogen-bond acceptors (Lipinski definition) is 6. The number of likely N-dealkylation sites (tertiary alicyclic amines) is 2. The monoisotopic (exact) mass is 546 g/mol. The maximum atomic E-state index is 13.7. The van der Waals surface area contributed by atoms with E-state index in [0.717, 1.165) is 0 Å². The second-order valence-electron chi connectivity index (χ2n) is 13.7. The van der Waals surface area contributed by atoms with Crippen LogP contribution in [0.1, 0.15) is 108 Å². The number of nitrogens with zero attached hydrogens (tertiary/aromatic N) is 2. The second kappa shape index (κ2) is 11.1. The van der Waals surface area contributed by atoms with Gasteiger partial charge in [0, 0.05) is 47.8 Å². The summed E-state index contributed by atoms with van der Waals surface area (Å²) < 4.78 is 12.1. The third kappa shape index (κ3) is 6.25. The highest BCUT2D eigenvalue weighted by Crippen LogP contribution is 2.43. The van der Waals surface area contributed by atoms with Gasteiger partial charge >= 0.3 is 11.9 Å². The molecule has 220 valence electrons. The molecule has 0 aliphatic carbocycles. The molecule has 0 aromatic heterocycles. The molecule has 0 N–H and O–H groups in total. The Kier molecular flexibility index (Phi) is 9.26. The van der Waals surface area contributed by atoms with Crippen LogP contribution in [0.4, 0.5) is 0 Å². The number of hydrogen-bond donors (Lipinski definition) is 0. The Labute approximate surface area is 235 Å². The van der Waals surface area contributed by atoms with Crippen molar-refractivity contribution in [2.75, 3.05) is 0 Å². The third-order valence-corrected chi connectivity index (χ3v) is 8.66. The molecule has 2 rings (SSSR count). The molecule has 0 bridgehead atoms. The Morgan fingerprint density at radius 2 is 0.923 bits per heavy atom. The minimum Gasteiger partial charge on any atom is -0.461 e. The van der Waals surface area contributed by atoms with Crippen molar-refractivity contribution >= 4 is 23.8 Å². The van der Waals surface area contributed by atoms with Crippen LogP contribution in [0.2, 0.25) is 0 Å². The largest absolute Gasteiger partial charge is 0.461 e. The van der Waals surface area contributed by atoms with E-state index < -0.39 is 51.7 Å². The van der Waals surface area contributed by atoms with Crippen LogP contribution in [-0.2, 0) is 28.7 Å². The summed E-state index contributed by atoms with van der Waals surface area (Å²) in [5.74, 6) is -1.51. The summed E-state index contributed by atoms with van der Waals surface area (Å²) in [7, 11) is 0. The molecule has 0 aromatic rings. The lowest BCUT2D eigenvalue weighted by Crippen LogP contribution is -2.64. The Morgan fingerprint density at radius 3 is 1.13 bits per heavy atom. The zero-order chi connectivity index (χ0) is 30.2. The van der Waals surface area contributed by atoms with Crippen molar-refractivity contribution in [3.63, 3.8) is 0 Å². The molecular formula is C31H50N2O6. The summed E-state index contributed by atoms with van der Waals surface area (Å²) in [5.41, 5.74) is -3.74. The SMILES string of the molecule is C=CC(=O)N1C(C)(C)CC(OC(=O)C(CC)(CC)C(=O)OC2CC(C)(C)N(C(=O)C=C)C(C)(C)C2)CC1(C)C. The quantitative estimate of drug-likeness (QED) is 0.232. The van der Waals surface area contributed by atoms with E-state index in [2.05, 4.69) is 13.2 Å². The third-order valence-electron chi connectivity index (χ3n) is 8.66. The molecule has 8 heteroatoms. The van der Waals surface area contributed by atoms with Crippen molar-refractivity contribution in [2.24, 2.45) is 5.41 Å². The summed E-state index contributed by atoms with van der Waals surface area (Å²) in [6.45, 7) is 26.5. The molecule has 0 atom stereocenters. The molecule has 2 heterocycles. The van der Waals surface area contributed by atoms with E-state index in [1.165, 1.54) is 12.2 Å². The van der Waals surface area contributed by atoms with Gasteiger partial charge in [-0.1, -0.05) is 27.0 Å². The summed E-state index contributed by atoms with van der Waals surface area (Å²) >= 11 is 0. The van der Waals surface area contributed by atoms with Gasteiger partial charge in [-0.25, -0.2) is 0 Å². The van der Waals surface area contributed by atoms with Crippen LogP contribution in [0, 0.1) is 5.41 Å². The van der Waals surface area contributed by atoms with Gasteiger partial charge in [0.05, 0.1) is 0 Å². The minimum atomic E-state index is -1.44. The first-order valence-corrected chi connectivity index (χ1v) is 14.1. The number of rotatable bonds is 8. The average Bonchev–Trinajstić information content (AvgIpc) is 2.76. The van der Waals surface area contributed by atoms with Crippen LogP contribution < -0.4 is 0 Å². The predicted molar refractivity (Wildman–Crippen MR) is 152 cm³/mol. The highest BCUT2D eigenvalue weighted by Gasteiger charge is 2.54. The van der Waals surface area contributed by atoms with Crippen LogP contribution in [0.3, 0.4) is 0 Å². The second-order valence-corrected chi connectivity index (χ2v) is 13.7. The molecule has 39 heavy (non-hydrogen) atoms. The first kappa shape index (κ1) is 32.6. The maximum absolute atomic E-state index is 13.7. The molecule has 2 aliphatic rings. The summed E-state index contributed by atoms with van der Waals surface area (Å²) in [6, 6.07) is 0. The lowest BCUT2D eigenvalue weighted by Gasteiger charge is -2.55. The predicted octanol–water partition coefficient (Wildman–Crippen LogP) is 5.35. The van der Waals surface area contributed by atoms with Gasteiger partial charge in [0.15, 0.2) is 5.41 Å². The lowest BCUT2D eigenvalue weighted by molar-refractivity contribution is -0.189.